The second-order valence-electron chi connectivity index (χ2n) is 2.62. The molecular formula is C8H10N2OS2. The molecule has 0 aliphatic rings. The molecule has 0 spiro atoms. The van der Waals surface area contributed by atoms with Crippen LogP contribution < -0.4 is 11.1 Å². The van der Waals surface area contributed by atoms with Crippen molar-refractivity contribution in [1.29, 1.82) is 0 Å². The molecule has 1 rings (SSSR count). The van der Waals surface area contributed by atoms with Gasteiger partial charge in [0.1, 0.15) is 0 Å². The van der Waals surface area contributed by atoms with Crippen molar-refractivity contribution in [3.05, 3.63) is 21.9 Å². The highest BCUT2D eigenvalue weighted by Crippen LogP contribution is 2.12. The normalized spacial score (nSPS) is 9.62. The molecule has 0 aliphatic heterocycles. The van der Waals surface area contributed by atoms with Crippen LogP contribution in [0.2, 0.25) is 0 Å². The Hall–Kier alpha value is -0.940. The number of carbonyl (C=O) groups is 1. The molecule has 0 aliphatic carbocycles. The van der Waals surface area contributed by atoms with Gasteiger partial charge in [0.05, 0.1) is 17.1 Å². The number of thiocarbonyl (C=S) groups is 1. The molecule has 0 saturated heterocycles. The molecule has 3 nitrogen and oxygen atoms in total. The van der Waals surface area contributed by atoms with E-state index in [1.807, 2.05) is 17.7 Å². The highest BCUT2D eigenvalue weighted by Gasteiger charge is 2.08. The van der Waals surface area contributed by atoms with Gasteiger partial charge in [0.2, 0.25) is 0 Å². The summed E-state index contributed by atoms with van der Waals surface area (Å²) >= 11 is 6.15. The number of carbonyl (C=O) groups excluding carboxylic acids is 1. The maximum atomic E-state index is 11.4. The monoisotopic (exact) mass is 214 g/mol. The molecule has 0 bridgehead atoms. The summed E-state index contributed by atoms with van der Waals surface area (Å²) in [4.78, 5) is 11.7. The van der Waals surface area contributed by atoms with Crippen LogP contribution in [0.4, 0.5) is 0 Å². The summed E-state index contributed by atoms with van der Waals surface area (Å²) in [6.45, 7) is 2.15. The topological polar surface area (TPSA) is 55.1 Å². The van der Waals surface area contributed by atoms with Gasteiger partial charge in [0.15, 0.2) is 0 Å². The van der Waals surface area contributed by atoms with Gasteiger partial charge in [-0.25, -0.2) is 0 Å². The largest absolute Gasteiger partial charge is 0.392 e. The molecular weight excluding hydrogens is 204 g/mol. The summed E-state index contributed by atoms with van der Waals surface area (Å²) in [6, 6.07) is 0. The predicted octanol–water partition coefficient (Wildman–Crippen LogP) is 1.07. The minimum absolute atomic E-state index is 0.119. The van der Waals surface area contributed by atoms with Crippen LogP contribution in [-0.4, -0.2) is 17.4 Å². The van der Waals surface area contributed by atoms with Gasteiger partial charge in [-0.05, 0) is 17.9 Å². The molecule has 1 aromatic rings. The number of aryl methyl sites for hydroxylation is 1. The third-order valence-corrected chi connectivity index (χ3v) is 2.53. The molecule has 0 unspecified atom stereocenters. The van der Waals surface area contributed by atoms with Crippen LogP contribution in [0.15, 0.2) is 10.8 Å². The van der Waals surface area contributed by atoms with Crippen LogP contribution in [0, 0.1) is 6.92 Å². The van der Waals surface area contributed by atoms with Gasteiger partial charge >= 0.3 is 0 Å². The molecule has 0 fully saturated rings. The highest BCUT2D eigenvalue weighted by atomic mass is 32.1. The van der Waals surface area contributed by atoms with E-state index in [1.54, 1.807) is 0 Å². The smallest absolute Gasteiger partial charge is 0.252 e. The van der Waals surface area contributed by atoms with E-state index in [1.165, 1.54) is 11.3 Å². The Morgan fingerprint density at radius 1 is 1.69 bits per heavy atom. The number of nitrogens with one attached hydrogen (secondary N) is 1. The number of hydrogen-bond donors (Lipinski definition) is 2. The second kappa shape index (κ2) is 4.34. The average molecular weight is 214 g/mol. The van der Waals surface area contributed by atoms with E-state index in [9.17, 15) is 4.79 Å². The van der Waals surface area contributed by atoms with Crippen molar-refractivity contribution in [1.82, 2.24) is 5.32 Å². The van der Waals surface area contributed by atoms with E-state index in [-0.39, 0.29) is 12.5 Å². The van der Waals surface area contributed by atoms with Gasteiger partial charge < -0.3 is 11.1 Å². The van der Waals surface area contributed by atoms with Crippen molar-refractivity contribution in [2.45, 2.75) is 6.92 Å². The van der Waals surface area contributed by atoms with Crippen LogP contribution in [0.1, 0.15) is 15.9 Å². The van der Waals surface area contributed by atoms with Crippen LogP contribution in [0.25, 0.3) is 0 Å². The van der Waals surface area contributed by atoms with Crippen molar-refractivity contribution >= 4 is 34.5 Å². The molecule has 0 aromatic carbocycles. The van der Waals surface area contributed by atoms with Crippen molar-refractivity contribution in [3.63, 3.8) is 0 Å². The maximum Gasteiger partial charge on any atom is 0.252 e. The Labute approximate surface area is 85.9 Å². The van der Waals surface area contributed by atoms with E-state index in [4.69, 9.17) is 5.73 Å². The summed E-state index contributed by atoms with van der Waals surface area (Å²) < 4.78 is 0. The van der Waals surface area contributed by atoms with Crippen molar-refractivity contribution < 1.29 is 4.79 Å². The van der Waals surface area contributed by atoms with Gasteiger partial charge in [0.25, 0.3) is 5.91 Å². The first-order valence-electron chi connectivity index (χ1n) is 3.70. The van der Waals surface area contributed by atoms with E-state index in [0.29, 0.717) is 10.6 Å². The molecule has 0 saturated carbocycles. The minimum atomic E-state index is -0.119. The first-order valence-corrected chi connectivity index (χ1v) is 5.05. The van der Waals surface area contributed by atoms with Gasteiger partial charge in [-0.15, -0.1) is 0 Å². The lowest BCUT2D eigenvalue weighted by Crippen LogP contribution is -2.32. The number of hydrogen-bond acceptors (Lipinski definition) is 3. The molecule has 1 aromatic heterocycles. The molecule has 0 radical (unpaired) electrons. The lowest BCUT2D eigenvalue weighted by Gasteiger charge is -2.02. The number of amides is 1. The average Bonchev–Trinajstić information content (AvgIpc) is 2.47. The summed E-state index contributed by atoms with van der Waals surface area (Å²) in [5, 5.41) is 6.36. The zero-order valence-electron chi connectivity index (χ0n) is 7.16. The summed E-state index contributed by atoms with van der Waals surface area (Å²) in [7, 11) is 0. The van der Waals surface area contributed by atoms with Crippen LogP contribution in [0.5, 0.6) is 0 Å². The zero-order valence-corrected chi connectivity index (χ0v) is 8.80. The van der Waals surface area contributed by atoms with Crippen molar-refractivity contribution in [2.24, 2.45) is 5.73 Å². The molecule has 1 heterocycles. The van der Waals surface area contributed by atoms with Gasteiger partial charge in [0, 0.05) is 5.38 Å². The van der Waals surface area contributed by atoms with Gasteiger partial charge in [-0.1, -0.05) is 12.2 Å². The molecule has 0 atom stereocenters. The van der Waals surface area contributed by atoms with E-state index in [0.717, 1.165) is 5.56 Å². The molecule has 5 heteroatoms. The number of nitrogens with two attached hydrogens (primary N) is 1. The van der Waals surface area contributed by atoms with Crippen molar-refractivity contribution in [3.8, 4) is 0 Å². The Kier molecular flexibility index (Phi) is 3.39. The molecule has 1 amide bonds. The molecule has 13 heavy (non-hydrogen) atoms. The van der Waals surface area contributed by atoms with Gasteiger partial charge in [-0.2, -0.15) is 11.3 Å². The Morgan fingerprint density at radius 2 is 2.38 bits per heavy atom. The molecule has 3 N–H and O–H groups in total. The van der Waals surface area contributed by atoms with Gasteiger partial charge in [-0.3, -0.25) is 4.79 Å². The Morgan fingerprint density at radius 3 is 2.85 bits per heavy atom. The summed E-state index contributed by atoms with van der Waals surface area (Å²) in [5.41, 5.74) is 6.92. The molecule has 70 valence electrons. The summed E-state index contributed by atoms with van der Waals surface area (Å²) in [5.74, 6) is -0.119. The highest BCUT2D eigenvalue weighted by molar-refractivity contribution is 7.80. The zero-order chi connectivity index (χ0) is 9.84. The fraction of sp³-hybridized carbons (Fsp3) is 0.250. The first kappa shape index (κ1) is 10.1. The van der Waals surface area contributed by atoms with E-state index < -0.39 is 0 Å². The lowest BCUT2D eigenvalue weighted by molar-refractivity contribution is 0.0959. The van der Waals surface area contributed by atoms with E-state index >= 15 is 0 Å². The number of rotatable bonds is 3. The third-order valence-electron chi connectivity index (χ3n) is 1.52. The standard InChI is InChI=1S/C8H10N2OS2/c1-5-3-13-4-6(5)8(11)10-2-7(9)12/h3-4H,2H2,1H3,(H2,9,12)(H,10,11). The fourth-order valence-electron chi connectivity index (χ4n) is 0.856. The Balaban J connectivity index is 2.59. The fourth-order valence-corrected chi connectivity index (χ4v) is 1.76. The van der Waals surface area contributed by atoms with Crippen LogP contribution >= 0.6 is 23.6 Å². The predicted molar refractivity (Wildman–Crippen MR) is 58.2 cm³/mol. The summed E-state index contributed by atoms with van der Waals surface area (Å²) in [6.07, 6.45) is 0. The lowest BCUT2D eigenvalue weighted by atomic mass is 10.2. The van der Waals surface area contributed by atoms with Crippen molar-refractivity contribution in [2.75, 3.05) is 6.54 Å². The van der Waals surface area contributed by atoms with Crippen LogP contribution in [-0.2, 0) is 0 Å². The second-order valence-corrected chi connectivity index (χ2v) is 3.89. The third kappa shape index (κ3) is 2.78. The SMILES string of the molecule is Cc1cscc1C(=O)NCC(N)=S. The Bertz CT molecular complexity index is 333. The number of thiophene rings is 1. The van der Waals surface area contributed by atoms with Crippen LogP contribution in [0.3, 0.4) is 0 Å². The minimum Gasteiger partial charge on any atom is -0.392 e. The maximum absolute atomic E-state index is 11.4. The van der Waals surface area contributed by atoms with E-state index in [2.05, 4.69) is 17.5 Å². The first-order chi connectivity index (χ1) is 6.11. The quantitative estimate of drug-likeness (QED) is 0.740.